The van der Waals surface area contributed by atoms with Gasteiger partial charge in [-0.2, -0.15) is 5.26 Å². The number of halogens is 2. The number of nitrogens with zero attached hydrogens (tertiary/aromatic N) is 1. The summed E-state index contributed by atoms with van der Waals surface area (Å²) in [6.45, 7) is 0. The number of thiophene rings is 1. The largest absolute Gasteiger partial charge is 0.297 e. The Morgan fingerprint density at radius 1 is 1.25 bits per heavy atom. The van der Waals surface area contributed by atoms with E-state index in [1.165, 1.54) is 11.4 Å². The lowest BCUT2D eigenvalue weighted by atomic mass is 9.95. The van der Waals surface area contributed by atoms with Crippen LogP contribution in [-0.2, 0) is 11.2 Å². The summed E-state index contributed by atoms with van der Waals surface area (Å²) < 4.78 is 25.7. The first-order valence-corrected chi connectivity index (χ1v) is 6.83. The number of ketones is 1. The van der Waals surface area contributed by atoms with Crippen LogP contribution in [0.1, 0.15) is 28.3 Å². The van der Waals surface area contributed by atoms with Gasteiger partial charge in [-0.1, -0.05) is 30.3 Å². The highest BCUT2D eigenvalue weighted by Gasteiger charge is 2.27. The summed E-state index contributed by atoms with van der Waals surface area (Å²) in [5, 5.41) is 10.6. The molecule has 0 aliphatic heterocycles. The molecule has 0 saturated heterocycles. The summed E-state index contributed by atoms with van der Waals surface area (Å²) >= 11 is 1.03. The molecule has 0 amide bonds. The molecule has 20 heavy (non-hydrogen) atoms. The van der Waals surface area contributed by atoms with Crippen LogP contribution in [0.2, 0.25) is 0 Å². The number of hydrogen-bond acceptors (Lipinski definition) is 3. The van der Waals surface area contributed by atoms with Gasteiger partial charge in [0.15, 0.2) is 5.78 Å². The quantitative estimate of drug-likeness (QED) is 0.832. The molecule has 2 aromatic rings. The van der Waals surface area contributed by atoms with Gasteiger partial charge in [0.05, 0.1) is 6.07 Å². The van der Waals surface area contributed by atoms with E-state index in [4.69, 9.17) is 5.26 Å². The Morgan fingerprint density at radius 3 is 2.55 bits per heavy atom. The predicted octanol–water partition coefficient (Wildman–Crippen LogP) is 4.10. The molecule has 0 radical (unpaired) electrons. The van der Waals surface area contributed by atoms with Crippen molar-refractivity contribution in [3.8, 4) is 6.07 Å². The molecule has 1 atom stereocenters. The minimum absolute atomic E-state index is 0.0691. The molecule has 1 heterocycles. The third-order valence-corrected chi connectivity index (χ3v) is 3.89. The molecule has 2 nitrogen and oxygen atoms in total. The van der Waals surface area contributed by atoms with Crippen LogP contribution < -0.4 is 0 Å². The van der Waals surface area contributed by atoms with Crippen molar-refractivity contribution in [3.63, 3.8) is 0 Å². The molecular weight excluding hydrogens is 280 g/mol. The zero-order chi connectivity index (χ0) is 14.5. The summed E-state index contributed by atoms with van der Waals surface area (Å²) in [5.41, 5.74) is 0.552. The Morgan fingerprint density at radius 2 is 1.95 bits per heavy atom. The minimum atomic E-state index is -2.67. The van der Waals surface area contributed by atoms with E-state index >= 15 is 0 Å². The Labute approximate surface area is 119 Å². The summed E-state index contributed by atoms with van der Waals surface area (Å²) in [5.74, 6) is -1.48. The second kappa shape index (κ2) is 6.40. The normalized spacial score (nSPS) is 12.1. The summed E-state index contributed by atoms with van der Waals surface area (Å²) in [4.78, 5) is 12.3. The van der Waals surface area contributed by atoms with Gasteiger partial charge in [-0.3, -0.25) is 4.79 Å². The van der Waals surface area contributed by atoms with Crippen molar-refractivity contribution in [1.82, 2.24) is 0 Å². The Kier molecular flexibility index (Phi) is 4.59. The second-order valence-corrected chi connectivity index (χ2v) is 5.18. The molecule has 0 spiro atoms. The first-order chi connectivity index (χ1) is 9.63. The van der Waals surface area contributed by atoms with E-state index in [0.29, 0.717) is 0 Å². The van der Waals surface area contributed by atoms with Gasteiger partial charge in [-0.05, 0) is 17.0 Å². The number of carbonyl (C=O) groups excluding carboxylic acids is 1. The lowest BCUT2D eigenvalue weighted by molar-refractivity contribution is -0.118. The first-order valence-electron chi connectivity index (χ1n) is 5.95. The van der Waals surface area contributed by atoms with Crippen LogP contribution in [0.4, 0.5) is 8.78 Å². The average molecular weight is 291 g/mol. The fourth-order valence-corrected chi connectivity index (χ4v) is 2.90. The van der Waals surface area contributed by atoms with Crippen molar-refractivity contribution < 1.29 is 13.6 Å². The lowest BCUT2D eigenvalue weighted by Gasteiger charge is -2.09. The van der Waals surface area contributed by atoms with Gasteiger partial charge in [0.25, 0.3) is 6.43 Å². The summed E-state index contributed by atoms with van der Waals surface area (Å²) in [7, 11) is 0. The zero-order valence-corrected chi connectivity index (χ0v) is 11.2. The third-order valence-electron chi connectivity index (χ3n) is 2.90. The van der Waals surface area contributed by atoms with Gasteiger partial charge in [0.2, 0.25) is 0 Å². The molecule has 0 aliphatic carbocycles. The smallest absolute Gasteiger partial charge is 0.264 e. The number of nitriles is 1. The van der Waals surface area contributed by atoms with E-state index in [1.54, 1.807) is 24.3 Å². The SMILES string of the molecule is N#CC(C(=O)Cc1ccccc1)c1sccc1C(F)F. The maximum Gasteiger partial charge on any atom is 0.264 e. The van der Waals surface area contributed by atoms with Crippen LogP contribution in [-0.4, -0.2) is 5.78 Å². The minimum Gasteiger partial charge on any atom is -0.297 e. The Hall–Kier alpha value is -2.06. The van der Waals surface area contributed by atoms with Crippen LogP contribution in [0.3, 0.4) is 0 Å². The Balaban J connectivity index is 2.22. The molecule has 102 valence electrons. The highest BCUT2D eigenvalue weighted by Crippen LogP contribution is 2.33. The molecule has 0 N–H and O–H groups in total. The van der Waals surface area contributed by atoms with Crippen LogP contribution >= 0.6 is 11.3 Å². The number of rotatable bonds is 5. The van der Waals surface area contributed by atoms with Crippen molar-refractivity contribution in [1.29, 1.82) is 5.26 Å². The fourth-order valence-electron chi connectivity index (χ4n) is 1.92. The molecule has 0 bridgehead atoms. The molecule has 1 aromatic carbocycles. The predicted molar refractivity (Wildman–Crippen MR) is 72.8 cm³/mol. The van der Waals surface area contributed by atoms with Crippen molar-refractivity contribution in [2.45, 2.75) is 18.8 Å². The summed E-state index contributed by atoms with van der Waals surface area (Å²) in [6.07, 6.45) is -2.60. The number of carbonyl (C=O) groups is 1. The van der Waals surface area contributed by atoms with Gasteiger partial charge in [0, 0.05) is 16.9 Å². The Bertz CT molecular complexity index is 631. The van der Waals surface area contributed by atoms with E-state index < -0.39 is 12.3 Å². The van der Waals surface area contributed by atoms with E-state index in [1.807, 2.05) is 12.1 Å². The molecule has 0 aliphatic rings. The average Bonchev–Trinajstić information content (AvgIpc) is 2.90. The van der Waals surface area contributed by atoms with Crippen molar-refractivity contribution >= 4 is 17.1 Å². The lowest BCUT2D eigenvalue weighted by Crippen LogP contribution is -2.14. The highest BCUT2D eigenvalue weighted by molar-refractivity contribution is 7.10. The van der Waals surface area contributed by atoms with E-state index in [-0.39, 0.29) is 22.6 Å². The van der Waals surface area contributed by atoms with Crippen LogP contribution in [0, 0.1) is 11.3 Å². The molecule has 1 aromatic heterocycles. The van der Waals surface area contributed by atoms with E-state index in [2.05, 4.69) is 0 Å². The van der Waals surface area contributed by atoms with Gasteiger partial charge in [-0.25, -0.2) is 8.78 Å². The maximum absolute atomic E-state index is 12.8. The summed E-state index contributed by atoms with van der Waals surface area (Å²) in [6, 6.07) is 12.1. The molecule has 1 unspecified atom stereocenters. The standard InChI is InChI=1S/C15H11F2NOS/c16-15(17)11-6-7-20-14(11)12(9-18)13(19)8-10-4-2-1-3-5-10/h1-7,12,15H,8H2. The van der Waals surface area contributed by atoms with Gasteiger partial charge in [0.1, 0.15) is 5.92 Å². The van der Waals surface area contributed by atoms with E-state index in [0.717, 1.165) is 16.9 Å². The number of hydrogen-bond donors (Lipinski definition) is 0. The van der Waals surface area contributed by atoms with Crippen molar-refractivity contribution in [3.05, 3.63) is 57.8 Å². The number of Topliss-reactive ketones (excluding diaryl/α,β-unsaturated/α-hetero) is 1. The van der Waals surface area contributed by atoms with Crippen LogP contribution in [0.15, 0.2) is 41.8 Å². The van der Waals surface area contributed by atoms with Crippen LogP contribution in [0.25, 0.3) is 0 Å². The molecular formula is C15H11F2NOS. The van der Waals surface area contributed by atoms with Crippen LogP contribution in [0.5, 0.6) is 0 Å². The van der Waals surface area contributed by atoms with Gasteiger partial charge < -0.3 is 0 Å². The second-order valence-electron chi connectivity index (χ2n) is 4.23. The molecule has 0 saturated carbocycles. The van der Waals surface area contributed by atoms with Gasteiger partial charge >= 0.3 is 0 Å². The number of alkyl halides is 2. The molecule has 5 heteroatoms. The van der Waals surface area contributed by atoms with Gasteiger partial charge in [-0.15, -0.1) is 11.3 Å². The number of benzene rings is 1. The van der Waals surface area contributed by atoms with Crippen molar-refractivity contribution in [2.24, 2.45) is 0 Å². The zero-order valence-electron chi connectivity index (χ0n) is 10.4. The third kappa shape index (κ3) is 3.09. The fraction of sp³-hybridized carbons (Fsp3) is 0.200. The first kappa shape index (κ1) is 14.4. The monoisotopic (exact) mass is 291 g/mol. The van der Waals surface area contributed by atoms with E-state index in [9.17, 15) is 13.6 Å². The molecule has 0 fully saturated rings. The maximum atomic E-state index is 12.8. The van der Waals surface area contributed by atoms with Crippen molar-refractivity contribution in [2.75, 3.05) is 0 Å². The molecule has 2 rings (SSSR count). The highest BCUT2D eigenvalue weighted by atomic mass is 32.1. The topological polar surface area (TPSA) is 40.9 Å².